The van der Waals surface area contributed by atoms with Gasteiger partial charge in [-0.1, -0.05) is 36.4 Å². The van der Waals surface area contributed by atoms with Crippen molar-refractivity contribution >= 4 is 11.8 Å². The van der Waals surface area contributed by atoms with E-state index in [-0.39, 0.29) is 37.3 Å². The van der Waals surface area contributed by atoms with Crippen molar-refractivity contribution < 1.29 is 18.4 Å². The zero-order valence-corrected chi connectivity index (χ0v) is 14.0. The van der Waals surface area contributed by atoms with E-state index in [2.05, 4.69) is 5.32 Å². The topological polar surface area (TPSA) is 49.4 Å². The van der Waals surface area contributed by atoms with E-state index in [1.165, 1.54) is 24.0 Å². The summed E-state index contributed by atoms with van der Waals surface area (Å²) in [5.74, 6) is -1.44. The third-order valence-corrected chi connectivity index (χ3v) is 3.77. The molecule has 2 amide bonds. The van der Waals surface area contributed by atoms with Gasteiger partial charge in [0.05, 0.1) is 6.54 Å². The Balaban J connectivity index is 1.87. The standard InChI is InChI=1S/C19H20F2N2O2/c1-14(24)23(12-16-7-3-5-9-18(16)21)13-19(25)22-11-10-15-6-2-4-8-17(15)20/h2-9H,10-13H2,1H3,(H,22,25). The lowest BCUT2D eigenvalue weighted by molar-refractivity contribution is -0.134. The summed E-state index contributed by atoms with van der Waals surface area (Å²) in [4.78, 5) is 25.0. The molecule has 0 unspecified atom stereocenters. The van der Waals surface area contributed by atoms with E-state index in [1.54, 1.807) is 36.4 Å². The number of rotatable bonds is 7. The molecule has 25 heavy (non-hydrogen) atoms. The van der Waals surface area contributed by atoms with Crippen molar-refractivity contribution in [1.29, 1.82) is 0 Å². The van der Waals surface area contributed by atoms with Crippen molar-refractivity contribution in [1.82, 2.24) is 10.2 Å². The number of nitrogens with one attached hydrogen (secondary N) is 1. The number of halogens is 2. The van der Waals surface area contributed by atoms with Crippen molar-refractivity contribution in [3.63, 3.8) is 0 Å². The van der Waals surface area contributed by atoms with Crippen LogP contribution in [0.2, 0.25) is 0 Å². The molecule has 0 spiro atoms. The first kappa shape index (κ1) is 18.6. The van der Waals surface area contributed by atoms with Crippen LogP contribution in [0.25, 0.3) is 0 Å². The van der Waals surface area contributed by atoms with Crippen LogP contribution in [0.15, 0.2) is 48.5 Å². The van der Waals surface area contributed by atoms with Crippen LogP contribution in [0, 0.1) is 11.6 Å². The third kappa shape index (κ3) is 5.67. The zero-order valence-electron chi connectivity index (χ0n) is 14.0. The van der Waals surface area contributed by atoms with E-state index in [1.807, 2.05) is 0 Å². The van der Waals surface area contributed by atoms with Crippen LogP contribution in [-0.2, 0) is 22.6 Å². The molecule has 0 aromatic heterocycles. The maximum absolute atomic E-state index is 13.7. The van der Waals surface area contributed by atoms with E-state index in [9.17, 15) is 18.4 Å². The highest BCUT2D eigenvalue weighted by Crippen LogP contribution is 2.10. The summed E-state index contributed by atoms with van der Waals surface area (Å²) in [6, 6.07) is 12.5. The Kier molecular flexibility index (Phi) is 6.62. The average Bonchev–Trinajstić information content (AvgIpc) is 2.58. The van der Waals surface area contributed by atoms with Gasteiger partial charge in [0.2, 0.25) is 11.8 Å². The summed E-state index contributed by atoms with van der Waals surface area (Å²) in [5, 5.41) is 2.65. The fourth-order valence-electron chi connectivity index (χ4n) is 2.38. The second kappa shape index (κ2) is 8.92. The van der Waals surface area contributed by atoms with Gasteiger partial charge >= 0.3 is 0 Å². The summed E-state index contributed by atoms with van der Waals surface area (Å²) in [6.45, 7) is 1.42. The van der Waals surface area contributed by atoms with Crippen molar-refractivity contribution in [3.05, 3.63) is 71.3 Å². The minimum Gasteiger partial charge on any atom is -0.354 e. The number of carbonyl (C=O) groups is 2. The van der Waals surface area contributed by atoms with Crippen molar-refractivity contribution in [3.8, 4) is 0 Å². The molecule has 132 valence electrons. The Morgan fingerprint density at radius 2 is 1.52 bits per heavy atom. The monoisotopic (exact) mass is 346 g/mol. The lowest BCUT2D eigenvalue weighted by Gasteiger charge is -2.21. The molecule has 0 aliphatic carbocycles. The van der Waals surface area contributed by atoms with Gasteiger partial charge in [-0.3, -0.25) is 9.59 Å². The summed E-state index contributed by atoms with van der Waals surface area (Å²) in [7, 11) is 0. The summed E-state index contributed by atoms with van der Waals surface area (Å²) < 4.78 is 27.2. The fourth-order valence-corrected chi connectivity index (χ4v) is 2.38. The second-order valence-electron chi connectivity index (χ2n) is 5.66. The van der Waals surface area contributed by atoms with Gasteiger partial charge < -0.3 is 10.2 Å². The molecular weight excluding hydrogens is 326 g/mol. The normalized spacial score (nSPS) is 10.4. The lowest BCUT2D eigenvalue weighted by Crippen LogP contribution is -2.40. The summed E-state index contributed by atoms with van der Waals surface area (Å²) >= 11 is 0. The second-order valence-corrected chi connectivity index (χ2v) is 5.66. The predicted molar refractivity (Wildman–Crippen MR) is 90.6 cm³/mol. The van der Waals surface area contributed by atoms with Crippen LogP contribution in [0.4, 0.5) is 8.78 Å². The maximum Gasteiger partial charge on any atom is 0.239 e. The molecule has 2 aromatic carbocycles. The van der Waals surface area contributed by atoms with Gasteiger partial charge in [-0.2, -0.15) is 0 Å². The van der Waals surface area contributed by atoms with Crippen LogP contribution in [0.5, 0.6) is 0 Å². The summed E-state index contributed by atoms with van der Waals surface area (Å²) in [6.07, 6.45) is 0.353. The van der Waals surface area contributed by atoms with Gasteiger partial charge in [-0.25, -0.2) is 8.78 Å². The molecule has 0 heterocycles. The smallest absolute Gasteiger partial charge is 0.239 e. The summed E-state index contributed by atoms with van der Waals surface area (Å²) in [5.41, 5.74) is 0.856. The third-order valence-electron chi connectivity index (χ3n) is 3.77. The number of nitrogens with zero attached hydrogens (tertiary/aromatic N) is 1. The Hall–Kier alpha value is -2.76. The Morgan fingerprint density at radius 3 is 2.08 bits per heavy atom. The Bertz CT molecular complexity index is 750. The molecule has 4 nitrogen and oxygen atoms in total. The molecule has 1 N–H and O–H groups in total. The first-order valence-electron chi connectivity index (χ1n) is 7.96. The minimum atomic E-state index is -0.422. The highest BCUT2D eigenvalue weighted by atomic mass is 19.1. The largest absolute Gasteiger partial charge is 0.354 e. The number of hydrogen-bond acceptors (Lipinski definition) is 2. The number of hydrogen-bond donors (Lipinski definition) is 1. The molecule has 0 bridgehead atoms. The molecule has 0 aliphatic rings. The Morgan fingerprint density at radius 1 is 0.960 bits per heavy atom. The van der Waals surface area contributed by atoms with E-state index in [4.69, 9.17) is 0 Å². The van der Waals surface area contributed by atoms with E-state index < -0.39 is 5.82 Å². The fraction of sp³-hybridized carbons (Fsp3) is 0.263. The Labute approximate surface area is 145 Å². The molecule has 0 saturated carbocycles. The van der Waals surface area contributed by atoms with Crippen molar-refractivity contribution in [2.45, 2.75) is 19.9 Å². The quantitative estimate of drug-likeness (QED) is 0.838. The number of amides is 2. The van der Waals surface area contributed by atoms with Crippen molar-refractivity contribution in [2.75, 3.05) is 13.1 Å². The van der Waals surface area contributed by atoms with Crippen molar-refractivity contribution in [2.24, 2.45) is 0 Å². The minimum absolute atomic E-state index is 0.0166. The molecule has 0 saturated heterocycles. The van der Waals surface area contributed by atoms with Gasteiger partial charge in [0.25, 0.3) is 0 Å². The number of carbonyl (C=O) groups excluding carboxylic acids is 2. The van der Waals surface area contributed by atoms with Gasteiger partial charge in [0.1, 0.15) is 11.6 Å². The van der Waals surface area contributed by atoms with Gasteiger partial charge in [0.15, 0.2) is 0 Å². The molecule has 2 aromatic rings. The SMILES string of the molecule is CC(=O)N(CC(=O)NCCc1ccccc1F)Cc1ccccc1F. The molecule has 0 fully saturated rings. The van der Waals surface area contributed by atoms with E-state index in [0.29, 0.717) is 17.5 Å². The molecule has 0 radical (unpaired) electrons. The first-order chi connectivity index (χ1) is 12.0. The maximum atomic E-state index is 13.7. The number of benzene rings is 2. The zero-order chi connectivity index (χ0) is 18.2. The highest BCUT2D eigenvalue weighted by molar-refractivity contribution is 5.83. The lowest BCUT2D eigenvalue weighted by atomic mass is 10.1. The van der Waals surface area contributed by atoms with Gasteiger partial charge in [-0.05, 0) is 24.1 Å². The van der Waals surface area contributed by atoms with Crippen LogP contribution in [0.3, 0.4) is 0 Å². The van der Waals surface area contributed by atoms with Gasteiger partial charge in [0, 0.05) is 25.6 Å². The van der Waals surface area contributed by atoms with Crippen LogP contribution < -0.4 is 5.32 Å². The molecule has 0 atom stereocenters. The molecule has 2 rings (SSSR count). The van der Waals surface area contributed by atoms with Crippen LogP contribution >= 0.6 is 0 Å². The first-order valence-corrected chi connectivity index (χ1v) is 7.96. The van der Waals surface area contributed by atoms with Gasteiger partial charge in [-0.15, -0.1) is 0 Å². The molecular formula is C19H20F2N2O2. The highest BCUT2D eigenvalue weighted by Gasteiger charge is 2.15. The van der Waals surface area contributed by atoms with E-state index in [0.717, 1.165) is 0 Å². The average molecular weight is 346 g/mol. The van der Waals surface area contributed by atoms with E-state index >= 15 is 0 Å². The molecule has 0 aliphatic heterocycles. The van der Waals surface area contributed by atoms with Crippen LogP contribution in [0.1, 0.15) is 18.1 Å². The predicted octanol–water partition coefficient (Wildman–Crippen LogP) is 2.67. The molecule has 6 heteroatoms. The van der Waals surface area contributed by atoms with Crippen LogP contribution in [-0.4, -0.2) is 29.8 Å².